The predicted octanol–water partition coefficient (Wildman–Crippen LogP) is 6.33. The Labute approximate surface area is 266 Å². The van der Waals surface area contributed by atoms with Crippen LogP contribution < -0.4 is 0 Å². The first-order valence-corrected chi connectivity index (χ1v) is 15.4. The summed E-state index contributed by atoms with van der Waals surface area (Å²) in [5, 5.41) is 12.2. The number of amides is 1. The van der Waals surface area contributed by atoms with Gasteiger partial charge in [-0.2, -0.15) is 0 Å². The fourth-order valence-electron chi connectivity index (χ4n) is 6.20. The molecule has 1 fully saturated rings. The number of fused-ring (bicyclic) bond motifs is 1. The van der Waals surface area contributed by atoms with Crippen molar-refractivity contribution in [1.29, 1.82) is 0 Å². The molecule has 0 spiro atoms. The number of benzene rings is 3. The molecule has 2 aromatic heterocycles. The van der Waals surface area contributed by atoms with Gasteiger partial charge in [-0.05, 0) is 66.3 Å². The van der Waals surface area contributed by atoms with Gasteiger partial charge in [-0.3, -0.25) is 14.6 Å². The van der Waals surface area contributed by atoms with Crippen molar-refractivity contribution in [2.75, 3.05) is 33.4 Å². The molecule has 46 heavy (non-hydrogen) atoms. The molecule has 0 unspecified atom stereocenters. The minimum atomic E-state index is -0.801. The molecule has 0 saturated carbocycles. The second-order valence-corrected chi connectivity index (χ2v) is 11.8. The third-order valence-electron chi connectivity index (χ3n) is 8.85. The second-order valence-electron chi connectivity index (χ2n) is 11.8. The van der Waals surface area contributed by atoms with E-state index in [1.807, 2.05) is 54.6 Å². The Bertz CT molecular complexity index is 1790. The average Bonchev–Trinajstić information content (AvgIpc) is 3.51. The number of hydrogen-bond donors (Lipinski definition) is 2. The lowest BCUT2D eigenvalue weighted by atomic mass is 9.73. The number of aromatic amines is 1. The van der Waals surface area contributed by atoms with E-state index < -0.39 is 5.41 Å². The molecule has 6 rings (SSSR count). The first-order chi connectivity index (χ1) is 22.3. The normalized spacial score (nSPS) is 14.3. The highest BCUT2D eigenvalue weighted by atomic mass is 19.1. The van der Waals surface area contributed by atoms with E-state index in [0.717, 1.165) is 33.3 Å². The summed E-state index contributed by atoms with van der Waals surface area (Å²) < 4.78 is 24.1. The summed E-state index contributed by atoms with van der Waals surface area (Å²) in [6.45, 7) is 1.29. The lowest BCUT2D eigenvalue weighted by molar-refractivity contribution is -0.162. The molecular weight excluding hydrogens is 585 g/mol. The predicted molar refractivity (Wildman–Crippen MR) is 174 cm³/mol. The first kappa shape index (κ1) is 31.0. The van der Waals surface area contributed by atoms with Gasteiger partial charge in [-0.1, -0.05) is 48.5 Å². The third kappa shape index (κ3) is 6.65. The molecule has 3 aromatic carbocycles. The van der Waals surface area contributed by atoms with Crippen LogP contribution in [0.1, 0.15) is 24.0 Å². The number of nitrogens with one attached hydrogen (secondary N) is 1. The molecule has 3 heterocycles. The smallest absolute Gasteiger partial charge is 0.312 e. The summed E-state index contributed by atoms with van der Waals surface area (Å²) in [7, 11) is 1.55. The van der Waals surface area contributed by atoms with Crippen molar-refractivity contribution in [2.45, 2.75) is 25.7 Å². The fourth-order valence-corrected chi connectivity index (χ4v) is 6.20. The van der Waals surface area contributed by atoms with Crippen molar-refractivity contribution in [3.63, 3.8) is 0 Å². The van der Waals surface area contributed by atoms with Crippen LogP contribution in [-0.4, -0.2) is 65.3 Å². The van der Waals surface area contributed by atoms with Crippen LogP contribution in [-0.2, 0) is 31.9 Å². The molecule has 1 aliphatic heterocycles. The number of para-hydroxylation sites is 1. The number of likely N-dealkylation sites (tertiary alicyclic amines) is 1. The van der Waals surface area contributed by atoms with Gasteiger partial charge >= 0.3 is 5.97 Å². The quantitative estimate of drug-likeness (QED) is 0.140. The summed E-state index contributed by atoms with van der Waals surface area (Å²) in [5.74, 6) is -0.494. The number of phenolic OH excluding ortho intramolecular Hbond substituents is 1. The Morgan fingerprint density at radius 3 is 2.39 bits per heavy atom. The number of pyridine rings is 1. The standard InChI is InChI=1S/C37H36FN3O5/c1-45-19-20-46-36(44)37(23-26-7-11-29(38)12-8-26)14-17-41(18-15-37)34(42)21-25-5-9-27(10-6-25)30-3-2-4-31(35(30)43)32-22-28-13-16-39-24-33(28)40-32/h2-13,16,22,24,40,43H,14-15,17-21,23H2,1H3. The van der Waals surface area contributed by atoms with E-state index in [0.29, 0.717) is 50.1 Å². The Hall–Kier alpha value is -5.02. The zero-order valence-corrected chi connectivity index (χ0v) is 25.7. The molecule has 236 valence electrons. The molecule has 0 radical (unpaired) electrons. The molecule has 0 aliphatic carbocycles. The number of hydrogen-bond acceptors (Lipinski definition) is 6. The highest BCUT2D eigenvalue weighted by Crippen LogP contribution is 2.39. The van der Waals surface area contributed by atoms with E-state index in [1.165, 1.54) is 12.1 Å². The molecule has 1 saturated heterocycles. The maximum absolute atomic E-state index is 13.5. The van der Waals surface area contributed by atoms with Crippen molar-refractivity contribution in [3.8, 4) is 28.1 Å². The van der Waals surface area contributed by atoms with Gasteiger partial charge in [0.2, 0.25) is 5.91 Å². The number of esters is 1. The van der Waals surface area contributed by atoms with E-state index >= 15 is 0 Å². The maximum Gasteiger partial charge on any atom is 0.312 e. The number of aromatic nitrogens is 2. The number of piperidine rings is 1. The highest BCUT2D eigenvalue weighted by molar-refractivity contribution is 5.89. The number of phenols is 1. The van der Waals surface area contributed by atoms with Crippen LogP contribution in [0, 0.1) is 11.2 Å². The van der Waals surface area contributed by atoms with Gasteiger partial charge in [0.05, 0.1) is 35.9 Å². The molecule has 1 amide bonds. The SMILES string of the molecule is COCCOC(=O)C1(Cc2ccc(F)cc2)CCN(C(=O)Cc2ccc(-c3cccc(-c4cc5ccncc5[nH]4)c3O)cc2)CC1. The molecule has 1 aliphatic rings. The number of halogens is 1. The van der Waals surface area contributed by atoms with Gasteiger partial charge in [0.15, 0.2) is 0 Å². The molecular formula is C37H36FN3O5. The van der Waals surface area contributed by atoms with E-state index in [1.54, 1.807) is 36.5 Å². The highest BCUT2D eigenvalue weighted by Gasteiger charge is 2.43. The maximum atomic E-state index is 13.5. The summed E-state index contributed by atoms with van der Waals surface area (Å²) in [4.78, 5) is 35.9. The third-order valence-corrected chi connectivity index (χ3v) is 8.85. The summed E-state index contributed by atoms with van der Waals surface area (Å²) in [5.41, 5.74) is 4.82. The van der Waals surface area contributed by atoms with E-state index in [4.69, 9.17) is 9.47 Å². The van der Waals surface area contributed by atoms with Crippen molar-refractivity contribution in [2.24, 2.45) is 5.41 Å². The van der Waals surface area contributed by atoms with Gasteiger partial charge < -0.3 is 24.5 Å². The molecule has 0 atom stereocenters. The monoisotopic (exact) mass is 621 g/mol. The van der Waals surface area contributed by atoms with Crippen LogP contribution in [0.4, 0.5) is 4.39 Å². The summed E-state index contributed by atoms with van der Waals surface area (Å²) >= 11 is 0. The van der Waals surface area contributed by atoms with E-state index in [9.17, 15) is 19.1 Å². The van der Waals surface area contributed by atoms with Crippen molar-refractivity contribution in [1.82, 2.24) is 14.9 Å². The lowest BCUT2D eigenvalue weighted by Crippen LogP contribution is -2.48. The van der Waals surface area contributed by atoms with Crippen LogP contribution in [0.5, 0.6) is 5.75 Å². The van der Waals surface area contributed by atoms with Crippen LogP contribution in [0.2, 0.25) is 0 Å². The van der Waals surface area contributed by atoms with Gasteiger partial charge in [-0.25, -0.2) is 4.39 Å². The molecule has 2 N–H and O–H groups in total. The van der Waals surface area contributed by atoms with E-state index in [2.05, 4.69) is 9.97 Å². The summed E-state index contributed by atoms with van der Waals surface area (Å²) in [6, 6.07) is 23.4. The van der Waals surface area contributed by atoms with Crippen molar-refractivity contribution in [3.05, 3.63) is 108 Å². The van der Waals surface area contributed by atoms with Crippen molar-refractivity contribution < 1.29 is 28.6 Å². The molecule has 8 nitrogen and oxygen atoms in total. The zero-order chi connectivity index (χ0) is 32.1. The minimum Gasteiger partial charge on any atom is -0.507 e. The Morgan fingerprint density at radius 1 is 0.957 bits per heavy atom. The summed E-state index contributed by atoms with van der Waals surface area (Å²) in [6.07, 6.45) is 5.02. The van der Waals surface area contributed by atoms with Crippen LogP contribution in [0.3, 0.4) is 0 Å². The fraction of sp³-hybridized carbons (Fsp3) is 0.270. The molecule has 9 heteroatoms. The van der Waals surface area contributed by atoms with Gasteiger partial charge in [-0.15, -0.1) is 0 Å². The van der Waals surface area contributed by atoms with Crippen molar-refractivity contribution >= 4 is 22.8 Å². The van der Waals surface area contributed by atoms with Gasteiger partial charge in [0.25, 0.3) is 0 Å². The molecule has 5 aromatic rings. The molecule has 0 bridgehead atoms. The lowest BCUT2D eigenvalue weighted by Gasteiger charge is -2.40. The number of nitrogens with zero attached hydrogens (tertiary/aromatic N) is 2. The number of aromatic hydroxyl groups is 1. The van der Waals surface area contributed by atoms with Gasteiger partial charge in [0, 0.05) is 42.9 Å². The Morgan fingerprint density at radius 2 is 1.67 bits per heavy atom. The number of carbonyl (C=O) groups excluding carboxylic acids is 2. The Balaban J connectivity index is 1.11. The van der Waals surface area contributed by atoms with Crippen LogP contribution in [0.15, 0.2) is 91.3 Å². The second kappa shape index (κ2) is 13.5. The average molecular weight is 622 g/mol. The first-order valence-electron chi connectivity index (χ1n) is 15.4. The largest absolute Gasteiger partial charge is 0.507 e. The van der Waals surface area contributed by atoms with Gasteiger partial charge in [0.1, 0.15) is 18.2 Å². The topological polar surface area (TPSA) is 105 Å². The van der Waals surface area contributed by atoms with Crippen LogP contribution in [0.25, 0.3) is 33.3 Å². The Kier molecular flexibility index (Phi) is 9.12. The number of carbonyl (C=O) groups is 2. The minimum absolute atomic E-state index is 0.0194. The van der Waals surface area contributed by atoms with Crippen LogP contribution >= 0.6 is 0 Å². The number of ether oxygens (including phenoxy) is 2. The number of H-pyrrole nitrogens is 1. The number of rotatable bonds is 10. The van der Waals surface area contributed by atoms with E-state index in [-0.39, 0.29) is 36.5 Å². The number of methoxy groups -OCH3 is 1. The zero-order valence-electron chi connectivity index (χ0n) is 25.7.